The van der Waals surface area contributed by atoms with E-state index in [1.54, 1.807) is 24.3 Å². The highest BCUT2D eigenvalue weighted by Crippen LogP contribution is 2.33. The molecule has 0 unspecified atom stereocenters. The van der Waals surface area contributed by atoms with Crippen molar-refractivity contribution in [2.75, 3.05) is 0 Å². The largest absolute Gasteiger partial charge is 0.468 e. The molecule has 22 heavy (non-hydrogen) atoms. The summed E-state index contributed by atoms with van der Waals surface area (Å²) in [5, 5.41) is 0. The lowest BCUT2D eigenvalue weighted by atomic mass is 10.2. The summed E-state index contributed by atoms with van der Waals surface area (Å²) in [7, 11) is -3.65. The molecule has 1 aromatic carbocycles. The van der Waals surface area contributed by atoms with E-state index in [-0.39, 0.29) is 23.3 Å². The van der Waals surface area contributed by atoms with E-state index in [9.17, 15) is 13.2 Å². The molecule has 0 atom stereocenters. The second-order valence-corrected chi connectivity index (χ2v) is 7.34. The molecule has 116 valence electrons. The number of rotatable bonds is 6. The number of hydrogen-bond acceptors (Lipinski definition) is 4. The van der Waals surface area contributed by atoms with Gasteiger partial charge in [0.25, 0.3) is 0 Å². The van der Waals surface area contributed by atoms with Crippen molar-refractivity contribution in [1.29, 1.82) is 0 Å². The molecular weight excluding hydrogens is 302 g/mol. The van der Waals surface area contributed by atoms with Gasteiger partial charge in [-0.3, -0.25) is 4.79 Å². The number of benzene rings is 1. The summed E-state index contributed by atoms with van der Waals surface area (Å²) >= 11 is 0. The number of ketones is 1. The molecule has 1 saturated carbocycles. The van der Waals surface area contributed by atoms with E-state index in [0.717, 1.165) is 12.8 Å². The topological polar surface area (TPSA) is 67.6 Å². The van der Waals surface area contributed by atoms with Crippen molar-refractivity contribution in [1.82, 2.24) is 4.31 Å². The molecule has 1 aliphatic carbocycles. The first-order valence-corrected chi connectivity index (χ1v) is 8.58. The van der Waals surface area contributed by atoms with Gasteiger partial charge in [-0.25, -0.2) is 8.42 Å². The number of nitrogens with zero attached hydrogens (tertiary/aromatic N) is 1. The number of sulfonamides is 1. The zero-order chi connectivity index (χ0) is 15.7. The Balaban J connectivity index is 1.95. The predicted octanol–water partition coefficient (Wildman–Crippen LogP) is 2.84. The number of Topliss-reactive ketones (excluding diaryl/α,β-unsaturated/α-hetero) is 1. The van der Waals surface area contributed by atoms with Crippen molar-refractivity contribution < 1.29 is 17.6 Å². The van der Waals surface area contributed by atoms with Crippen LogP contribution in [0.5, 0.6) is 0 Å². The monoisotopic (exact) mass is 319 g/mol. The SMILES string of the molecule is CC(=O)c1cccc(S(=O)(=O)N(Cc2ccco2)C2CC2)c1. The van der Waals surface area contributed by atoms with Crippen LogP contribution in [0.4, 0.5) is 0 Å². The molecule has 6 heteroatoms. The molecule has 0 bridgehead atoms. The van der Waals surface area contributed by atoms with Crippen LogP contribution in [0.15, 0.2) is 52.0 Å². The molecule has 0 aliphatic heterocycles. The first kappa shape index (κ1) is 15.0. The molecule has 0 saturated heterocycles. The van der Waals surface area contributed by atoms with Gasteiger partial charge in [-0.05, 0) is 44.0 Å². The Hall–Kier alpha value is -1.92. The van der Waals surface area contributed by atoms with Crippen LogP contribution in [0.3, 0.4) is 0 Å². The molecular formula is C16H17NO4S. The Morgan fingerprint density at radius 1 is 1.27 bits per heavy atom. The van der Waals surface area contributed by atoms with Crippen LogP contribution < -0.4 is 0 Å². The van der Waals surface area contributed by atoms with Crippen molar-refractivity contribution in [3.05, 3.63) is 54.0 Å². The Bertz CT molecular complexity index is 776. The predicted molar refractivity (Wildman–Crippen MR) is 80.9 cm³/mol. The third kappa shape index (κ3) is 2.98. The average Bonchev–Trinajstić information content (AvgIpc) is 3.20. The van der Waals surface area contributed by atoms with E-state index in [1.165, 1.54) is 29.6 Å². The van der Waals surface area contributed by atoms with Crippen molar-refractivity contribution in [3.63, 3.8) is 0 Å². The fourth-order valence-corrected chi connectivity index (χ4v) is 4.04. The van der Waals surface area contributed by atoms with E-state index in [0.29, 0.717) is 11.3 Å². The summed E-state index contributed by atoms with van der Waals surface area (Å²) in [5.74, 6) is 0.458. The Kier molecular flexibility index (Phi) is 3.88. The minimum absolute atomic E-state index is 0.0103. The molecule has 5 nitrogen and oxygen atoms in total. The molecule has 0 N–H and O–H groups in total. The summed E-state index contributed by atoms with van der Waals surface area (Å²) in [6.07, 6.45) is 3.24. The first-order chi connectivity index (χ1) is 10.5. The number of carbonyl (C=O) groups excluding carboxylic acids is 1. The van der Waals surface area contributed by atoms with E-state index in [4.69, 9.17) is 4.42 Å². The summed E-state index contributed by atoms with van der Waals surface area (Å²) in [6, 6.07) is 9.70. The van der Waals surface area contributed by atoms with Gasteiger partial charge in [-0.15, -0.1) is 0 Å². The van der Waals surface area contributed by atoms with Gasteiger partial charge in [-0.1, -0.05) is 12.1 Å². The van der Waals surface area contributed by atoms with Crippen molar-refractivity contribution in [2.45, 2.75) is 37.2 Å². The van der Waals surface area contributed by atoms with Crippen LogP contribution in [-0.4, -0.2) is 24.5 Å². The van der Waals surface area contributed by atoms with Crippen molar-refractivity contribution in [2.24, 2.45) is 0 Å². The lowest BCUT2D eigenvalue weighted by Crippen LogP contribution is -2.32. The number of carbonyl (C=O) groups is 1. The second kappa shape index (κ2) is 5.70. The fraction of sp³-hybridized carbons (Fsp3) is 0.312. The quantitative estimate of drug-likeness (QED) is 0.768. The van der Waals surface area contributed by atoms with Gasteiger partial charge in [-0.2, -0.15) is 4.31 Å². The van der Waals surface area contributed by atoms with Gasteiger partial charge < -0.3 is 4.42 Å². The van der Waals surface area contributed by atoms with E-state index in [2.05, 4.69) is 0 Å². The maximum absolute atomic E-state index is 12.9. The normalized spacial score (nSPS) is 15.2. The Labute approximate surface area is 129 Å². The van der Waals surface area contributed by atoms with Gasteiger partial charge >= 0.3 is 0 Å². The summed E-state index contributed by atoms with van der Waals surface area (Å²) in [4.78, 5) is 11.6. The average molecular weight is 319 g/mol. The highest BCUT2D eigenvalue weighted by atomic mass is 32.2. The minimum Gasteiger partial charge on any atom is -0.468 e. The number of hydrogen-bond donors (Lipinski definition) is 0. The molecule has 1 aliphatic rings. The number of furan rings is 1. The van der Waals surface area contributed by atoms with E-state index in [1.807, 2.05) is 0 Å². The van der Waals surface area contributed by atoms with E-state index >= 15 is 0 Å². The van der Waals surface area contributed by atoms with Crippen LogP contribution in [0.1, 0.15) is 35.9 Å². The molecule has 0 amide bonds. The molecule has 1 fully saturated rings. The maximum Gasteiger partial charge on any atom is 0.243 e. The fourth-order valence-electron chi connectivity index (χ4n) is 2.34. The highest BCUT2D eigenvalue weighted by molar-refractivity contribution is 7.89. The van der Waals surface area contributed by atoms with Gasteiger partial charge in [0.1, 0.15) is 5.76 Å². The first-order valence-electron chi connectivity index (χ1n) is 7.14. The molecule has 3 rings (SSSR count). The molecule has 0 radical (unpaired) electrons. The van der Waals surface area contributed by atoms with E-state index < -0.39 is 10.0 Å². The minimum atomic E-state index is -3.65. The third-order valence-corrected chi connectivity index (χ3v) is 5.59. The zero-order valence-electron chi connectivity index (χ0n) is 12.2. The smallest absolute Gasteiger partial charge is 0.243 e. The summed E-state index contributed by atoms with van der Waals surface area (Å²) in [5.41, 5.74) is 0.398. The van der Waals surface area contributed by atoms with Crippen molar-refractivity contribution >= 4 is 15.8 Å². The van der Waals surface area contributed by atoms with Crippen LogP contribution in [0, 0.1) is 0 Å². The van der Waals surface area contributed by atoms with Crippen LogP contribution in [0.2, 0.25) is 0 Å². The maximum atomic E-state index is 12.9. The molecule has 0 spiro atoms. The Morgan fingerprint density at radius 3 is 2.64 bits per heavy atom. The van der Waals surface area contributed by atoms with Crippen LogP contribution in [0.25, 0.3) is 0 Å². The van der Waals surface area contributed by atoms with Gasteiger partial charge in [0.15, 0.2) is 5.78 Å². The van der Waals surface area contributed by atoms with Crippen LogP contribution in [-0.2, 0) is 16.6 Å². The highest BCUT2D eigenvalue weighted by Gasteiger charge is 2.38. The zero-order valence-corrected chi connectivity index (χ0v) is 13.0. The Morgan fingerprint density at radius 2 is 2.05 bits per heavy atom. The molecule has 2 aromatic rings. The van der Waals surface area contributed by atoms with Gasteiger partial charge in [0.2, 0.25) is 10.0 Å². The summed E-state index contributed by atoms with van der Waals surface area (Å²) < 4.78 is 32.5. The van der Waals surface area contributed by atoms with Crippen molar-refractivity contribution in [3.8, 4) is 0 Å². The third-order valence-electron chi connectivity index (χ3n) is 3.69. The van der Waals surface area contributed by atoms with Gasteiger partial charge in [0, 0.05) is 11.6 Å². The summed E-state index contributed by atoms with van der Waals surface area (Å²) in [6.45, 7) is 1.64. The lowest BCUT2D eigenvalue weighted by molar-refractivity contribution is 0.101. The molecule has 1 aromatic heterocycles. The lowest BCUT2D eigenvalue weighted by Gasteiger charge is -2.21. The standard InChI is InChI=1S/C16H17NO4S/c1-12(18)13-4-2-6-16(10-13)22(19,20)17(14-7-8-14)11-15-5-3-9-21-15/h2-6,9-10,14H,7-8,11H2,1H3. The van der Waals surface area contributed by atoms with Gasteiger partial charge in [0.05, 0.1) is 17.7 Å². The molecule has 1 heterocycles. The second-order valence-electron chi connectivity index (χ2n) is 5.44. The van der Waals surface area contributed by atoms with Crippen LogP contribution >= 0.6 is 0 Å².